The normalized spacial score (nSPS) is 10.6. The number of carbonyl (C=O) groups is 1. The van der Waals surface area contributed by atoms with Crippen LogP contribution in [0.1, 0.15) is 27.4 Å². The number of hydrogen-bond donors (Lipinski definition) is 1. The van der Waals surface area contributed by atoms with Gasteiger partial charge in [-0.3, -0.25) is 9.36 Å². The fourth-order valence-corrected chi connectivity index (χ4v) is 2.01. The number of halogens is 1. The lowest BCUT2D eigenvalue weighted by molar-refractivity contribution is 0.0695. The highest BCUT2D eigenvalue weighted by molar-refractivity contribution is 5.89. The molecule has 0 amide bonds. The molecule has 0 bridgehead atoms. The Balaban J connectivity index is 2.51. The summed E-state index contributed by atoms with van der Waals surface area (Å²) in [5.74, 6) is -1.38. The van der Waals surface area contributed by atoms with E-state index in [0.29, 0.717) is 17.1 Å². The topological polar surface area (TPSA) is 72.2 Å². The van der Waals surface area contributed by atoms with Crippen LogP contribution in [-0.2, 0) is 6.54 Å². The molecule has 104 valence electrons. The number of rotatable bonds is 3. The Morgan fingerprint density at radius 2 is 2.05 bits per heavy atom. The number of aryl methyl sites for hydroxylation is 2. The average Bonchev–Trinajstić information content (AvgIpc) is 2.34. The molecule has 0 aliphatic rings. The highest BCUT2D eigenvalue weighted by Gasteiger charge is 2.13. The molecule has 0 saturated carbocycles. The van der Waals surface area contributed by atoms with Crippen LogP contribution in [0.2, 0.25) is 0 Å². The number of hydrogen-bond acceptors (Lipinski definition) is 3. The molecule has 0 saturated heterocycles. The molecule has 0 aliphatic carbocycles. The quantitative estimate of drug-likeness (QED) is 0.927. The predicted molar refractivity (Wildman–Crippen MR) is 70.4 cm³/mol. The molecule has 0 spiro atoms. The number of nitrogens with zero attached hydrogens (tertiary/aromatic N) is 2. The number of aromatic carboxylic acids is 1. The van der Waals surface area contributed by atoms with E-state index < -0.39 is 11.8 Å². The van der Waals surface area contributed by atoms with E-state index in [1.165, 1.54) is 22.8 Å². The van der Waals surface area contributed by atoms with E-state index in [9.17, 15) is 14.0 Å². The molecule has 2 aromatic rings. The van der Waals surface area contributed by atoms with E-state index in [0.717, 1.165) is 6.07 Å². The summed E-state index contributed by atoms with van der Waals surface area (Å²) < 4.78 is 14.5. The van der Waals surface area contributed by atoms with Gasteiger partial charge in [-0.05, 0) is 31.5 Å². The molecule has 1 heterocycles. The van der Waals surface area contributed by atoms with Gasteiger partial charge >= 0.3 is 5.97 Å². The molecule has 20 heavy (non-hydrogen) atoms. The van der Waals surface area contributed by atoms with E-state index in [4.69, 9.17) is 5.11 Å². The lowest BCUT2D eigenvalue weighted by atomic mass is 10.1. The second kappa shape index (κ2) is 5.24. The molecule has 2 rings (SSSR count). The summed E-state index contributed by atoms with van der Waals surface area (Å²) in [5.41, 5.74) is 0.531. The third kappa shape index (κ3) is 2.74. The zero-order valence-electron chi connectivity index (χ0n) is 11.1. The molecule has 1 aromatic carbocycles. The molecule has 0 unspecified atom stereocenters. The minimum atomic E-state index is -1.23. The van der Waals surface area contributed by atoms with Crippen LogP contribution in [0.5, 0.6) is 0 Å². The van der Waals surface area contributed by atoms with E-state index in [2.05, 4.69) is 4.98 Å². The smallest absolute Gasteiger partial charge is 0.336 e. The Labute approximate surface area is 114 Å². The van der Waals surface area contributed by atoms with Crippen LogP contribution in [0.3, 0.4) is 0 Å². The van der Waals surface area contributed by atoms with Gasteiger partial charge in [0.05, 0.1) is 12.1 Å². The fraction of sp³-hybridized carbons (Fsp3) is 0.214. The predicted octanol–water partition coefficient (Wildman–Crippen LogP) is 1.75. The SMILES string of the molecule is Cc1cc(=O)n(Cc2ccc(F)cc2C(=O)O)c(C)n1. The van der Waals surface area contributed by atoms with Crippen molar-refractivity contribution in [1.29, 1.82) is 0 Å². The van der Waals surface area contributed by atoms with Gasteiger partial charge in [0.25, 0.3) is 5.56 Å². The van der Waals surface area contributed by atoms with Crippen LogP contribution in [0.4, 0.5) is 4.39 Å². The maximum atomic E-state index is 13.1. The number of carboxylic acids is 1. The first-order valence-electron chi connectivity index (χ1n) is 5.95. The molecule has 5 nitrogen and oxygen atoms in total. The molecular weight excluding hydrogens is 263 g/mol. The summed E-state index contributed by atoms with van der Waals surface area (Å²) in [6.07, 6.45) is 0. The number of benzene rings is 1. The number of carboxylic acid groups (broad SMARTS) is 1. The van der Waals surface area contributed by atoms with Crippen molar-refractivity contribution in [3.8, 4) is 0 Å². The Bertz CT molecular complexity index is 738. The number of aromatic nitrogens is 2. The van der Waals surface area contributed by atoms with Crippen LogP contribution >= 0.6 is 0 Å². The summed E-state index contributed by atoms with van der Waals surface area (Å²) in [5, 5.41) is 9.08. The first-order valence-corrected chi connectivity index (χ1v) is 5.95. The molecule has 1 aromatic heterocycles. The second-order valence-electron chi connectivity index (χ2n) is 4.48. The maximum Gasteiger partial charge on any atom is 0.336 e. The van der Waals surface area contributed by atoms with E-state index in [-0.39, 0.29) is 17.7 Å². The van der Waals surface area contributed by atoms with Crippen molar-refractivity contribution in [2.45, 2.75) is 20.4 Å². The molecule has 0 atom stereocenters. The van der Waals surface area contributed by atoms with Crippen molar-refractivity contribution < 1.29 is 14.3 Å². The van der Waals surface area contributed by atoms with E-state index >= 15 is 0 Å². The minimum absolute atomic E-state index is 0.0415. The third-order valence-electron chi connectivity index (χ3n) is 2.96. The standard InChI is InChI=1S/C14H13FN2O3/c1-8-5-13(18)17(9(2)16-8)7-10-3-4-11(15)6-12(10)14(19)20/h3-6H,7H2,1-2H3,(H,19,20). The summed E-state index contributed by atoms with van der Waals surface area (Å²) in [6.45, 7) is 3.41. The van der Waals surface area contributed by atoms with Gasteiger partial charge in [-0.25, -0.2) is 14.2 Å². The van der Waals surface area contributed by atoms with Crippen molar-refractivity contribution in [1.82, 2.24) is 9.55 Å². The highest BCUT2D eigenvalue weighted by Crippen LogP contribution is 2.13. The zero-order valence-corrected chi connectivity index (χ0v) is 11.1. The second-order valence-corrected chi connectivity index (χ2v) is 4.48. The Kier molecular flexibility index (Phi) is 3.65. The van der Waals surface area contributed by atoms with Gasteiger partial charge in [-0.1, -0.05) is 6.07 Å². The lowest BCUT2D eigenvalue weighted by Crippen LogP contribution is -2.25. The van der Waals surface area contributed by atoms with Crippen molar-refractivity contribution in [3.63, 3.8) is 0 Å². The van der Waals surface area contributed by atoms with Gasteiger partial charge in [-0.15, -0.1) is 0 Å². The van der Waals surface area contributed by atoms with Crippen LogP contribution < -0.4 is 5.56 Å². The Hall–Kier alpha value is -2.50. The van der Waals surface area contributed by atoms with E-state index in [1.54, 1.807) is 13.8 Å². The van der Waals surface area contributed by atoms with Crippen molar-refractivity contribution in [2.75, 3.05) is 0 Å². The fourth-order valence-electron chi connectivity index (χ4n) is 2.01. The van der Waals surface area contributed by atoms with Crippen molar-refractivity contribution in [3.05, 3.63) is 63.1 Å². The van der Waals surface area contributed by atoms with Crippen LogP contribution in [0.15, 0.2) is 29.1 Å². The van der Waals surface area contributed by atoms with Gasteiger partial charge < -0.3 is 5.11 Å². The molecule has 1 N–H and O–H groups in total. The zero-order chi connectivity index (χ0) is 14.9. The van der Waals surface area contributed by atoms with Crippen molar-refractivity contribution >= 4 is 5.97 Å². The summed E-state index contributed by atoms with van der Waals surface area (Å²) >= 11 is 0. The maximum absolute atomic E-state index is 13.1. The molecule has 0 fully saturated rings. The van der Waals surface area contributed by atoms with Crippen LogP contribution in [0.25, 0.3) is 0 Å². The van der Waals surface area contributed by atoms with Gasteiger partial charge in [-0.2, -0.15) is 0 Å². The summed E-state index contributed by atoms with van der Waals surface area (Å²) in [7, 11) is 0. The summed E-state index contributed by atoms with van der Waals surface area (Å²) in [6, 6.07) is 4.85. The molecule has 0 radical (unpaired) electrons. The molecule has 0 aliphatic heterocycles. The monoisotopic (exact) mass is 276 g/mol. The van der Waals surface area contributed by atoms with Gasteiger partial charge in [0.1, 0.15) is 11.6 Å². The van der Waals surface area contributed by atoms with Gasteiger partial charge in [0, 0.05) is 11.8 Å². The van der Waals surface area contributed by atoms with Gasteiger partial charge in [0.15, 0.2) is 0 Å². The third-order valence-corrected chi connectivity index (χ3v) is 2.96. The Morgan fingerprint density at radius 3 is 2.65 bits per heavy atom. The van der Waals surface area contributed by atoms with Crippen LogP contribution in [0, 0.1) is 19.7 Å². The van der Waals surface area contributed by atoms with Crippen molar-refractivity contribution in [2.24, 2.45) is 0 Å². The van der Waals surface area contributed by atoms with E-state index in [1.807, 2.05) is 0 Å². The molecule has 6 heteroatoms. The minimum Gasteiger partial charge on any atom is -0.478 e. The lowest BCUT2D eigenvalue weighted by Gasteiger charge is -2.11. The van der Waals surface area contributed by atoms with Crippen LogP contribution in [-0.4, -0.2) is 20.6 Å². The first kappa shape index (κ1) is 13.9. The van der Waals surface area contributed by atoms with Gasteiger partial charge in [0.2, 0.25) is 0 Å². The summed E-state index contributed by atoms with van der Waals surface area (Å²) in [4.78, 5) is 27.2. The molecular formula is C14H13FN2O3. The first-order chi connectivity index (χ1) is 9.38. The average molecular weight is 276 g/mol. The largest absolute Gasteiger partial charge is 0.478 e. The Morgan fingerprint density at radius 1 is 1.35 bits per heavy atom. The highest BCUT2D eigenvalue weighted by atomic mass is 19.1.